The van der Waals surface area contributed by atoms with Crippen molar-refractivity contribution >= 4 is 35.7 Å². The van der Waals surface area contributed by atoms with Crippen molar-refractivity contribution in [3.63, 3.8) is 0 Å². The molecule has 0 saturated carbocycles. The van der Waals surface area contributed by atoms with Gasteiger partial charge in [0, 0.05) is 28.9 Å². The normalized spacial score (nSPS) is 17.4. The molecule has 3 aromatic rings. The summed E-state index contributed by atoms with van der Waals surface area (Å²) in [7, 11) is 0. The molecule has 54 heavy (non-hydrogen) atoms. The molecular formula is C38H39F3N4O8S. The number of nitriles is 1. The van der Waals surface area contributed by atoms with Crippen LogP contribution in [0, 0.1) is 28.8 Å². The Hall–Kier alpha value is -5.24. The molecule has 0 bridgehead atoms. The molecule has 1 aromatic heterocycles. The smallest absolute Gasteiger partial charge is 0.306 e. The minimum Gasteiger partial charge on any atom is -0.466 e. The SMILES string of the molecule is C=CCOC(=O)CCC(=O)OCCCC(=O)O[C@@](Cn1cncn1)(c1ccc(F)cc1F)[C@@H](C)SC1COC(C=CC=Cc2ccc(C#N)cc2F)OC1. The zero-order valence-electron chi connectivity index (χ0n) is 29.4. The highest BCUT2D eigenvalue weighted by Crippen LogP contribution is 2.42. The molecule has 0 amide bonds. The van der Waals surface area contributed by atoms with Gasteiger partial charge in [0.2, 0.25) is 0 Å². The largest absolute Gasteiger partial charge is 0.466 e. The first-order valence-corrected chi connectivity index (χ1v) is 17.8. The Morgan fingerprint density at radius 1 is 1.06 bits per heavy atom. The van der Waals surface area contributed by atoms with E-state index in [1.165, 1.54) is 53.4 Å². The number of allylic oxidation sites excluding steroid dienone is 2. The summed E-state index contributed by atoms with van der Waals surface area (Å²) in [6.45, 7) is 5.29. The van der Waals surface area contributed by atoms with Crippen molar-refractivity contribution in [3.8, 4) is 6.07 Å². The lowest BCUT2D eigenvalue weighted by molar-refractivity contribution is -0.164. The third-order valence-corrected chi connectivity index (χ3v) is 9.41. The molecule has 0 N–H and O–H groups in total. The summed E-state index contributed by atoms with van der Waals surface area (Å²) in [5.41, 5.74) is -1.30. The highest BCUT2D eigenvalue weighted by atomic mass is 32.2. The lowest BCUT2D eigenvalue weighted by Crippen LogP contribution is -2.47. The summed E-state index contributed by atoms with van der Waals surface area (Å²) in [5, 5.41) is 12.1. The minimum absolute atomic E-state index is 0.0279. The van der Waals surface area contributed by atoms with Crippen molar-refractivity contribution in [2.75, 3.05) is 26.4 Å². The zero-order chi connectivity index (χ0) is 38.9. The predicted octanol–water partition coefficient (Wildman–Crippen LogP) is 5.97. The lowest BCUT2D eigenvalue weighted by Gasteiger charge is -2.40. The van der Waals surface area contributed by atoms with Crippen LogP contribution in [0.4, 0.5) is 13.2 Å². The van der Waals surface area contributed by atoms with Gasteiger partial charge in [-0.05, 0) is 43.7 Å². The van der Waals surface area contributed by atoms with E-state index in [4.69, 9.17) is 28.9 Å². The second-order valence-corrected chi connectivity index (χ2v) is 13.5. The van der Waals surface area contributed by atoms with Gasteiger partial charge in [0.1, 0.15) is 36.7 Å². The van der Waals surface area contributed by atoms with Crippen molar-refractivity contribution in [2.24, 2.45) is 0 Å². The average molecular weight is 769 g/mol. The molecule has 2 atom stereocenters. The number of hydrogen-bond acceptors (Lipinski definition) is 12. The number of hydrogen-bond donors (Lipinski definition) is 0. The van der Waals surface area contributed by atoms with Crippen LogP contribution in [0.1, 0.15) is 49.3 Å². The molecule has 0 unspecified atom stereocenters. The van der Waals surface area contributed by atoms with Crippen LogP contribution in [-0.2, 0) is 50.2 Å². The van der Waals surface area contributed by atoms with E-state index in [1.807, 2.05) is 6.07 Å². The van der Waals surface area contributed by atoms with E-state index in [9.17, 15) is 23.2 Å². The zero-order valence-corrected chi connectivity index (χ0v) is 30.2. The highest BCUT2D eigenvalue weighted by Gasteiger charge is 2.46. The van der Waals surface area contributed by atoms with Crippen LogP contribution >= 0.6 is 11.8 Å². The number of carbonyl (C=O) groups is 3. The third kappa shape index (κ3) is 12.4. The molecule has 2 aromatic carbocycles. The first-order valence-electron chi connectivity index (χ1n) is 16.9. The Kier molecular flexibility index (Phi) is 16.0. The number of nitrogens with zero attached hydrogens (tertiary/aromatic N) is 4. The van der Waals surface area contributed by atoms with Crippen LogP contribution in [0.2, 0.25) is 0 Å². The van der Waals surface area contributed by atoms with Gasteiger partial charge in [-0.25, -0.2) is 22.8 Å². The van der Waals surface area contributed by atoms with E-state index in [2.05, 4.69) is 16.7 Å². The van der Waals surface area contributed by atoms with Gasteiger partial charge in [-0.1, -0.05) is 36.9 Å². The number of ether oxygens (including phenoxy) is 5. The van der Waals surface area contributed by atoms with Gasteiger partial charge in [-0.15, -0.1) is 11.8 Å². The van der Waals surface area contributed by atoms with Crippen molar-refractivity contribution in [1.82, 2.24) is 14.8 Å². The number of carbonyl (C=O) groups excluding carboxylic acids is 3. The molecule has 0 aliphatic carbocycles. The van der Waals surface area contributed by atoms with Crippen LogP contribution in [-0.4, -0.2) is 75.9 Å². The predicted molar refractivity (Wildman–Crippen MR) is 191 cm³/mol. The number of rotatable bonds is 19. The van der Waals surface area contributed by atoms with Gasteiger partial charge >= 0.3 is 17.9 Å². The number of thioether (sulfide) groups is 1. The van der Waals surface area contributed by atoms with Crippen LogP contribution in [0.15, 0.2) is 79.9 Å². The molecule has 2 heterocycles. The molecule has 1 aliphatic rings. The molecular weight excluding hydrogens is 729 g/mol. The first kappa shape index (κ1) is 41.5. The van der Waals surface area contributed by atoms with E-state index in [1.54, 1.807) is 31.2 Å². The quantitative estimate of drug-likeness (QED) is 0.0465. The number of aromatic nitrogens is 3. The van der Waals surface area contributed by atoms with E-state index in [0.717, 1.165) is 12.1 Å². The summed E-state index contributed by atoms with van der Waals surface area (Å²) in [6, 6.07) is 9.05. The fourth-order valence-corrected chi connectivity index (χ4v) is 6.64. The molecule has 1 saturated heterocycles. The second-order valence-electron chi connectivity index (χ2n) is 11.9. The van der Waals surface area contributed by atoms with Gasteiger partial charge in [0.15, 0.2) is 11.9 Å². The molecule has 16 heteroatoms. The van der Waals surface area contributed by atoms with E-state index < -0.39 is 52.5 Å². The Morgan fingerprint density at radius 2 is 1.81 bits per heavy atom. The summed E-state index contributed by atoms with van der Waals surface area (Å²) >= 11 is 1.31. The van der Waals surface area contributed by atoms with Crippen molar-refractivity contribution in [3.05, 3.63) is 114 Å². The Morgan fingerprint density at radius 3 is 2.48 bits per heavy atom. The molecule has 0 spiro atoms. The topological polar surface area (TPSA) is 152 Å². The number of esters is 3. The molecule has 12 nitrogen and oxygen atoms in total. The lowest BCUT2D eigenvalue weighted by atomic mass is 9.89. The maximum atomic E-state index is 15.6. The maximum Gasteiger partial charge on any atom is 0.306 e. The number of halogens is 3. The van der Waals surface area contributed by atoms with Crippen LogP contribution < -0.4 is 0 Å². The molecule has 1 fully saturated rings. The Balaban J connectivity index is 1.41. The van der Waals surface area contributed by atoms with E-state index >= 15 is 4.39 Å². The minimum atomic E-state index is -1.74. The van der Waals surface area contributed by atoms with Gasteiger partial charge < -0.3 is 23.7 Å². The monoisotopic (exact) mass is 768 g/mol. The van der Waals surface area contributed by atoms with Crippen molar-refractivity contribution in [2.45, 2.75) is 61.5 Å². The molecule has 1 aliphatic heterocycles. The van der Waals surface area contributed by atoms with Crippen LogP contribution in [0.25, 0.3) is 6.08 Å². The molecule has 4 rings (SSSR count). The standard InChI is InChI=1S/C38H39F3N4O8S/c1-3-16-49-34(46)14-15-35(47)50-17-6-8-36(48)53-38(23-45-25-43-24-44-45,31-13-12-29(39)19-33(31)41)26(2)54-30-21-51-37(52-22-30)9-5-4-7-28-11-10-27(20-42)18-32(28)40/h3-5,7,9-13,18-19,24-26,30,37H,1,6,8,14-17,21-23H2,2H3/t26-,30?,37?,38-/m1/s1. The third-order valence-electron chi connectivity index (χ3n) is 7.96. The fourth-order valence-electron chi connectivity index (χ4n) is 5.28. The first-order chi connectivity index (χ1) is 26.0. The maximum absolute atomic E-state index is 15.6. The molecule has 286 valence electrons. The van der Waals surface area contributed by atoms with E-state index in [-0.39, 0.29) is 75.0 Å². The fraction of sp³-hybridized carbons (Fsp3) is 0.368. The van der Waals surface area contributed by atoms with Gasteiger partial charge in [0.25, 0.3) is 0 Å². The molecule has 0 radical (unpaired) electrons. The summed E-state index contributed by atoms with van der Waals surface area (Å²) < 4.78 is 73.1. The van der Waals surface area contributed by atoms with Crippen molar-refractivity contribution in [1.29, 1.82) is 5.26 Å². The van der Waals surface area contributed by atoms with Gasteiger partial charge in [0.05, 0.1) is 56.1 Å². The highest BCUT2D eigenvalue weighted by molar-refractivity contribution is 8.00. The van der Waals surface area contributed by atoms with Crippen molar-refractivity contribution < 1.29 is 51.2 Å². The summed E-state index contributed by atoms with van der Waals surface area (Å²) in [6.07, 6.45) is 9.24. The Labute approximate surface area is 314 Å². The van der Waals surface area contributed by atoms with Gasteiger partial charge in [-0.2, -0.15) is 10.4 Å². The summed E-state index contributed by atoms with van der Waals surface area (Å²) in [4.78, 5) is 41.1. The van der Waals surface area contributed by atoms with E-state index in [0.29, 0.717) is 11.6 Å². The van der Waals surface area contributed by atoms with Gasteiger partial charge in [-0.3, -0.25) is 14.4 Å². The van der Waals surface area contributed by atoms with Crippen LogP contribution in [0.5, 0.6) is 0 Å². The van der Waals surface area contributed by atoms with Crippen LogP contribution in [0.3, 0.4) is 0 Å². The number of benzene rings is 2. The average Bonchev–Trinajstić information content (AvgIpc) is 3.67. The summed E-state index contributed by atoms with van der Waals surface area (Å²) in [5.74, 6) is -4.26. The Bertz CT molecular complexity index is 1840. The second kappa shape index (κ2) is 20.9.